The van der Waals surface area contributed by atoms with Crippen LogP contribution in [-0.2, 0) is 19.1 Å². The molecule has 32 heavy (non-hydrogen) atoms. The summed E-state index contributed by atoms with van der Waals surface area (Å²) in [5.41, 5.74) is 0. The topological polar surface area (TPSA) is 101 Å². The Morgan fingerprint density at radius 2 is 0.750 bits per heavy atom. The van der Waals surface area contributed by atoms with Crippen molar-refractivity contribution in [2.75, 3.05) is 0 Å². The molecule has 0 bridgehead atoms. The molecule has 190 valence electrons. The molecule has 0 amide bonds. The Hall–Kier alpha value is -1.59. The summed E-state index contributed by atoms with van der Waals surface area (Å²) < 4.78 is 4.61. The Morgan fingerprint density at radius 1 is 0.531 bits per heavy atom. The van der Waals surface area contributed by atoms with Crippen LogP contribution < -0.4 is 0 Å². The molecule has 0 saturated heterocycles. The van der Waals surface area contributed by atoms with E-state index in [9.17, 15) is 14.4 Å². The number of carboxylic acids is 2. The molecule has 0 aliphatic carbocycles. The van der Waals surface area contributed by atoms with Gasteiger partial charge in [-0.3, -0.25) is 14.4 Å². The van der Waals surface area contributed by atoms with Crippen molar-refractivity contribution in [1.82, 2.24) is 0 Å². The monoisotopic (exact) mass is 458 g/mol. The summed E-state index contributed by atoms with van der Waals surface area (Å²) in [4.78, 5) is 30.8. The minimum Gasteiger partial charge on any atom is -0.481 e. The smallest absolute Gasteiger partial charge is 0.303 e. The van der Waals surface area contributed by atoms with E-state index in [0.29, 0.717) is 12.8 Å². The van der Waals surface area contributed by atoms with Crippen LogP contribution in [0.25, 0.3) is 0 Å². The number of hydrogen-bond donors (Lipinski definition) is 2. The highest BCUT2D eigenvalue weighted by atomic mass is 16.5. The summed E-state index contributed by atoms with van der Waals surface area (Å²) in [5, 5.41) is 17.1. The third-order valence-electron chi connectivity index (χ3n) is 5.18. The number of ether oxygens (including phenoxy) is 1. The van der Waals surface area contributed by atoms with Crippen LogP contribution in [0.3, 0.4) is 0 Å². The van der Waals surface area contributed by atoms with Crippen molar-refractivity contribution < 1.29 is 29.3 Å². The molecule has 0 rings (SSSR count). The van der Waals surface area contributed by atoms with Crippen molar-refractivity contribution in [2.45, 2.75) is 149 Å². The quantitative estimate of drug-likeness (QED) is 0.136. The fraction of sp³-hybridized carbons (Fsp3) is 0.885. The summed E-state index contributed by atoms with van der Waals surface area (Å²) in [6, 6.07) is 0. The number of hydrogen-bond acceptors (Lipinski definition) is 4. The van der Waals surface area contributed by atoms with Crippen LogP contribution in [0.2, 0.25) is 0 Å². The molecular formula is C26H50O6. The van der Waals surface area contributed by atoms with Gasteiger partial charge in [-0.15, -0.1) is 0 Å². The van der Waals surface area contributed by atoms with E-state index in [1.54, 1.807) is 0 Å². The third-order valence-corrected chi connectivity index (χ3v) is 5.18. The number of rotatable bonds is 21. The number of carbonyl (C=O) groups is 3. The lowest BCUT2D eigenvalue weighted by Gasteiger charge is -2.03. The highest BCUT2D eigenvalue weighted by Gasteiger charge is 1.98. The molecule has 0 aromatic heterocycles. The molecule has 2 N–H and O–H groups in total. The maximum atomic E-state index is 10.4. The number of carboxylic acid groups (broad SMARTS) is 2. The fourth-order valence-corrected chi connectivity index (χ4v) is 3.54. The van der Waals surface area contributed by atoms with Crippen molar-refractivity contribution in [3.8, 4) is 0 Å². The molecular weight excluding hydrogens is 408 g/mol. The van der Waals surface area contributed by atoms with Crippen LogP contribution in [0.1, 0.15) is 143 Å². The fourth-order valence-electron chi connectivity index (χ4n) is 3.54. The minimum absolute atomic E-state index is 0.0255. The van der Waals surface area contributed by atoms with Gasteiger partial charge in [-0.05, 0) is 26.7 Å². The van der Waals surface area contributed by atoms with Gasteiger partial charge >= 0.3 is 17.9 Å². The van der Waals surface area contributed by atoms with E-state index in [0.717, 1.165) is 25.7 Å². The molecule has 0 aromatic rings. The van der Waals surface area contributed by atoms with Crippen molar-refractivity contribution in [2.24, 2.45) is 0 Å². The molecule has 0 aliphatic rings. The molecule has 0 aromatic carbocycles. The molecule has 0 spiro atoms. The average molecular weight is 459 g/mol. The molecule has 0 radical (unpaired) electrons. The highest BCUT2D eigenvalue weighted by molar-refractivity contribution is 5.67. The predicted octanol–water partition coefficient (Wildman–Crippen LogP) is 7.53. The van der Waals surface area contributed by atoms with Gasteiger partial charge in [0.15, 0.2) is 0 Å². The first-order valence-electron chi connectivity index (χ1n) is 12.9. The molecule has 0 saturated carbocycles. The second kappa shape index (κ2) is 25.7. The average Bonchev–Trinajstić information content (AvgIpc) is 2.68. The van der Waals surface area contributed by atoms with Gasteiger partial charge < -0.3 is 14.9 Å². The molecule has 0 heterocycles. The second-order valence-electron chi connectivity index (χ2n) is 8.96. The van der Waals surface area contributed by atoms with Crippen LogP contribution in [-0.4, -0.2) is 34.2 Å². The van der Waals surface area contributed by atoms with Crippen LogP contribution in [0.5, 0.6) is 0 Å². The lowest BCUT2D eigenvalue weighted by molar-refractivity contribution is -0.144. The summed E-state index contributed by atoms with van der Waals surface area (Å²) in [6.45, 7) is 5.04. The lowest BCUT2D eigenvalue weighted by atomic mass is 10.0. The first-order valence-corrected chi connectivity index (χ1v) is 12.9. The summed E-state index contributed by atoms with van der Waals surface area (Å²) in [7, 11) is 0. The van der Waals surface area contributed by atoms with E-state index < -0.39 is 11.9 Å². The van der Waals surface area contributed by atoms with Gasteiger partial charge in [-0.1, -0.05) is 96.3 Å². The summed E-state index contributed by atoms with van der Waals surface area (Å²) in [6.07, 6.45) is 21.4. The molecule has 0 fully saturated rings. The second-order valence-corrected chi connectivity index (χ2v) is 8.96. The molecule has 6 heteroatoms. The zero-order valence-corrected chi connectivity index (χ0v) is 21.0. The first kappa shape index (κ1) is 32.6. The van der Waals surface area contributed by atoms with E-state index in [1.807, 2.05) is 13.8 Å². The number of carbonyl (C=O) groups excluding carboxylic acids is 1. The van der Waals surface area contributed by atoms with Gasteiger partial charge in [0.05, 0.1) is 6.10 Å². The maximum Gasteiger partial charge on any atom is 0.303 e. The van der Waals surface area contributed by atoms with Crippen molar-refractivity contribution in [1.29, 1.82) is 0 Å². The molecule has 0 unspecified atom stereocenters. The Bertz CT molecular complexity index is 418. The van der Waals surface area contributed by atoms with Crippen LogP contribution in [0, 0.1) is 0 Å². The zero-order chi connectivity index (χ0) is 24.5. The van der Waals surface area contributed by atoms with E-state index in [4.69, 9.17) is 10.2 Å². The largest absolute Gasteiger partial charge is 0.481 e. The summed E-state index contributed by atoms with van der Waals surface area (Å²) >= 11 is 0. The highest BCUT2D eigenvalue weighted by Crippen LogP contribution is 2.14. The zero-order valence-electron chi connectivity index (χ0n) is 21.0. The van der Waals surface area contributed by atoms with Crippen molar-refractivity contribution >= 4 is 17.9 Å². The van der Waals surface area contributed by atoms with Gasteiger partial charge in [0.1, 0.15) is 0 Å². The van der Waals surface area contributed by atoms with Crippen molar-refractivity contribution in [3.05, 3.63) is 0 Å². The van der Waals surface area contributed by atoms with Gasteiger partial charge in [-0.2, -0.15) is 0 Å². The first-order chi connectivity index (χ1) is 15.3. The SMILES string of the molecule is CC(=O)OC(C)C.O=C(O)CCCCCCCCCCCCCCCCCCCC(=O)O. The normalized spacial score (nSPS) is 10.5. The Kier molecular flexibility index (Phi) is 26.1. The van der Waals surface area contributed by atoms with Gasteiger partial charge in [0, 0.05) is 19.8 Å². The van der Waals surface area contributed by atoms with Gasteiger partial charge in [0.2, 0.25) is 0 Å². The van der Waals surface area contributed by atoms with E-state index in [1.165, 1.54) is 90.4 Å². The standard InChI is InChI=1S/C21H40O4.C5H10O2/c22-20(23)18-16-14-12-10-8-6-4-2-1-3-5-7-9-11-13-15-17-19-21(24)25;1-4(2)7-5(3)6/h1-19H2,(H,22,23)(H,24,25);4H,1-3H3. The molecule has 6 nitrogen and oxygen atoms in total. The maximum absolute atomic E-state index is 10.4. The molecule has 0 atom stereocenters. The van der Waals surface area contributed by atoms with Crippen molar-refractivity contribution in [3.63, 3.8) is 0 Å². The van der Waals surface area contributed by atoms with Gasteiger partial charge in [-0.25, -0.2) is 0 Å². The van der Waals surface area contributed by atoms with E-state index in [-0.39, 0.29) is 12.1 Å². The van der Waals surface area contributed by atoms with Crippen LogP contribution in [0.4, 0.5) is 0 Å². The molecule has 0 aliphatic heterocycles. The summed E-state index contributed by atoms with van der Waals surface area (Å²) in [5.74, 6) is -1.55. The lowest BCUT2D eigenvalue weighted by Crippen LogP contribution is -2.06. The Morgan fingerprint density at radius 3 is 0.875 bits per heavy atom. The minimum atomic E-state index is -0.671. The Labute approximate surface area is 196 Å². The third kappa shape index (κ3) is 35.8. The van der Waals surface area contributed by atoms with Crippen LogP contribution >= 0.6 is 0 Å². The van der Waals surface area contributed by atoms with Gasteiger partial charge in [0.25, 0.3) is 0 Å². The number of aliphatic carboxylic acids is 2. The number of esters is 1. The predicted molar refractivity (Wildman–Crippen MR) is 130 cm³/mol. The van der Waals surface area contributed by atoms with E-state index in [2.05, 4.69) is 4.74 Å². The number of unbranched alkanes of at least 4 members (excludes halogenated alkanes) is 16. The van der Waals surface area contributed by atoms with E-state index >= 15 is 0 Å². The van der Waals surface area contributed by atoms with Crippen LogP contribution in [0.15, 0.2) is 0 Å². The Balaban J connectivity index is 0.